The van der Waals surface area contributed by atoms with Crippen molar-refractivity contribution in [3.05, 3.63) is 18.1 Å². The van der Waals surface area contributed by atoms with Crippen LogP contribution in [0.25, 0.3) is 5.65 Å². The molecule has 0 saturated carbocycles. The molecule has 0 spiro atoms. The van der Waals surface area contributed by atoms with Crippen molar-refractivity contribution in [3.63, 3.8) is 0 Å². The molecule has 3 rings (SSSR count). The first-order valence-electron chi connectivity index (χ1n) is 6.79. The van der Waals surface area contributed by atoms with Crippen LogP contribution >= 0.6 is 0 Å². The number of fused-ring (bicyclic) bond motifs is 1. The Hall–Kier alpha value is -2.18. The number of anilines is 1. The molecule has 1 aliphatic rings. The molecule has 0 radical (unpaired) electrons. The lowest BCUT2D eigenvalue weighted by molar-refractivity contribution is 0.0625. The highest BCUT2D eigenvalue weighted by molar-refractivity contribution is 5.99. The summed E-state index contributed by atoms with van der Waals surface area (Å²) in [6.45, 7) is 5.90. The Kier molecular flexibility index (Phi) is 3.04. The average Bonchev–Trinajstić information content (AvgIpc) is 2.82. The zero-order valence-electron chi connectivity index (χ0n) is 11.7. The normalized spacial score (nSPS) is 23.2. The van der Waals surface area contributed by atoms with Gasteiger partial charge in [-0.1, -0.05) is 13.8 Å². The van der Waals surface area contributed by atoms with E-state index in [1.807, 2.05) is 4.90 Å². The summed E-state index contributed by atoms with van der Waals surface area (Å²) in [6, 6.07) is 0. The van der Waals surface area contributed by atoms with E-state index in [1.54, 1.807) is 0 Å². The monoisotopic (exact) mass is 274 g/mol. The van der Waals surface area contributed by atoms with Gasteiger partial charge in [0.15, 0.2) is 5.65 Å². The molecular formula is C13H18N6O. The predicted molar refractivity (Wildman–Crippen MR) is 74.0 cm³/mol. The molecule has 0 aliphatic carbocycles. The fourth-order valence-electron chi connectivity index (χ4n) is 2.98. The van der Waals surface area contributed by atoms with E-state index in [0.717, 1.165) is 19.5 Å². The van der Waals surface area contributed by atoms with Crippen molar-refractivity contribution in [1.29, 1.82) is 0 Å². The van der Waals surface area contributed by atoms with Crippen LogP contribution in [-0.4, -0.2) is 43.5 Å². The lowest BCUT2D eigenvalue weighted by atomic mass is 9.91. The number of rotatable bonds is 1. The van der Waals surface area contributed by atoms with Crippen LogP contribution in [0.15, 0.2) is 12.5 Å². The van der Waals surface area contributed by atoms with Gasteiger partial charge in [0, 0.05) is 13.1 Å². The van der Waals surface area contributed by atoms with E-state index in [0.29, 0.717) is 23.0 Å². The molecule has 3 heterocycles. The third-order valence-electron chi connectivity index (χ3n) is 3.72. The van der Waals surface area contributed by atoms with Crippen LogP contribution in [0.4, 0.5) is 5.95 Å². The highest BCUT2D eigenvalue weighted by Gasteiger charge is 2.28. The molecule has 1 amide bonds. The molecule has 0 aromatic carbocycles. The Labute approximate surface area is 116 Å². The Balaban J connectivity index is 1.94. The molecule has 2 atom stereocenters. The molecular weight excluding hydrogens is 256 g/mol. The largest absolute Gasteiger partial charge is 0.368 e. The number of nitrogens with zero attached hydrogens (tertiary/aromatic N) is 5. The van der Waals surface area contributed by atoms with E-state index in [9.17, 15) is 4.79 Å². The number of nitrogens with two attached hydrogens (primary N) is 1. The standard InChI is InChI=1S/C13H18N6O/c1-8-3-9(2)6-18(5-8)12(20)10-4-17-19-11(10)15-7-16-13(19)14/h4,7-9H,3,5-6H2,1-2H3,(H2,14,15,16). The summed E-state index contributed by atoms with van der Waals surface area (Å²) in [6.07, 6.45) is 4.03. The van der Waals surface area contributed by atoms with Crippen LogP contribution in [0, 0.1) is 11.8 Å². The van der Waals surface area contributed by atoms with E-state index in [1.165, 1.54) is 17.0 Å². The molecule has 0 bridgehead atoms. The molecule has 7 nitrogen and oxygen atoms in total. The molecule has 2 aromatic heterocycles. The van der Waals surface area contributed by atoms with Crippen LogP contribution in [-0.2, 0) is 0 Å². The number of piperidine rings is 1. The molecule has 20 heavy (non-hydrogen) atoms. The van der Waals surface area contributed by atoms with Crippen molar-refractivity contribution < 1.29 is 4.79 Å². The van der Waals surface area contributed by atoms with E-state index in [2.05, 4.69) is 28.9 Å². The predicted octanol–water partition coefficient (Wildman–Crippen LogP) is 0.825. The first kappa shape index (κ1) is 12.8. The smallest absolute Gasteiger partial charge is 0.259 e. The maximum Gasteiger partial charge on any atom is 0.259 e. The Morgan fingerprint density at radius 1 is 1.30 bits per heavy atom. The fourth-order valence-corrected chi connectivity index (χ4v) is 2.98. The number of hydrogen-bond donors (Lipinski definition) is 1. The van der Waals surface area contributed by atoms with Gasteiger partial charge in [0.1, 0.15) is 11.9 Å². The van der Waals surface area contributed by atoms with Crippen molar-refractivity contribution in [3.8, 4) is 0 Å². The summed E-state index contributed by atoms with van der Waals surface area (Å²) < 4.78 is 1.39. The quantitative estimate of drug-likeness (QED) is 0.831. The highest BCUT2D eigenvalue weighted by atomic mass is 16.2. The molecule has 2 aromatic rings. The second kappa shape index (κ2) is 4.73. The molecule has 2 N–H and O–H groups in total. The minimum Gasteiger partial charge on any atom is -0.368 e. The van der Waals surface area contributed by atoms with Crippen LogP contribution in [0.5, 0.6) is 0 Å². The summed E-state index contributed by atoms with van der Waals surface area (Å²) in [5.41, 5.74) is 6.67. The van der Waals surface area contributed by atoms with E-state index < -0.39 is 0 Å². The summed E-state index contributed by atoms with van der Waals surface area (Å²) in [5, 5.41) is 4.09. The zero-order chi connectivity index (χ0) is 14.3. The summed E-state index contributed by atoms with van der Waals surface area (Å²) in [5.74, 6) is 1.24. The summed E-state index contributed by atoms with van der Waals surface area (Å²) in [4.78, 5) is 22.5. The van der Waals surface area contributed by atoms with Gasteiger partial charge < -0.3 is 10.6 Å². The molecule has 106 valence electrons. The summed E-state index contributed by atoms with van der Waals surface area (Å²) >= 11 is 0. The molecule has 1 saturated heterocycles. The molecule has 7 heteroatoms. The third kappa shape index (κ3) is 2.09. The first-order valence-corrected chi connectivity index (χ1v) is 6.79. The SMILES string of the molecule is CC1CC(C)CN(C(=O)c2cnn3c(N)ncnc23)C1. The van der Waals surface area contributed by atoms with Gasteiger partial charge in [-0.3, -0.25) is 4.79 Å². The first-order chi connectivity index (χ1) is 9.56. The van der Waals surface area contributed by atoms with Gasteiger partial charge in [-0.15, -0.1) is 0 Å². The van der Waals surface area contributed by atoms with Crippen molar-refractivity contribution in [2.24, 2.45) is 11.8 Å². The van der Waals surface area contributed by atoms with Gasteiger partial charge in [-0.25, -0.2) is 9.97 Å². The van der Waals surface area contributed by atoms with Crippen molar-refractivity contribution in [1.82, 2.24) is 24.5 Å². The van der Waals surface area contributed by atoms with Gasteiger partial charge in [-0.2, -0.15) is 9.61 Å². The van der Waals surface area contributed by atoms with Crippen LogP contribution in [0.1, 0.15) is 30.6 Å². The molecule has 1 fully saturated rings. The Morgan fingerprint density at radius 3 is 2.70 bits per heavy atom. The van der Waals surface area contributed by atoms with Crippen molar-refractivity contribution in [2.75, 3.05) is 18.8 Å². The molecule has 1 aliphatic heterocycles. The van der Waals surface area contributed by atoms with E-state index in [4.69, 9.17) is 5.73 Å². The number of amides is 1. The Morgan fingerprint density at radius 2 is 2.00 bits per heavy atom. The fraction of sp³-hybridized carbons (Fsp3) is 0.538. The van der Waals surface area contributed by atoms with Gasteiger partial charge >= 0.3 is 0 Å². The maximum absolute atomic E-state index is 12.6. The van der Waals surface area contributed by atoms with Crippen LogP contribution < -0.4 is 5.73 Å². The van der Waals surface area contributed by atoms with Gasteiger partial charge in [-0.05, 0) is 18.3 Å². The zero-order valence-corrected chi connectivity index (χ0v) is 11.7. The highest BCUT2D eigenvalue weighted by Crippen LogP contribution is 2.23. The maximum atomic E-state index is 12.6. The van der Waals surface area contributed by atoms with Crippen LogP contribution in [0.2, 0.25) is 0 Å². The second-order valence-corrected chi connectivity index (χ2v) is 5.68. The minimum atomic E-state index is -0.0310. The molecule has 2 unspecified atom stereocenters. The topological polar surface area (TPSA) is 89.4 Å². The van der Waals surface area contributed by atoms with Crippen molar-refractivity contribution >= 4 is 17.5 Å². The minimum absolute atomic E-state index is 0.0310. The number of carbonyl (C=O) groups excluding carboxylic acids is 1. The van der Waals surface area contributed by atoms with Gasteiger partial charge in [0.25, 0.3) is 5.91 Å². The van der Waals surface area contributed by atoms with E-state index >= 15 is 0 Å². The van der Waals surface area contributed by atoms with Crippen LogP contribution in [0.3, 0.4) is 0 Å². The second-order valence-electron chi connectivity index (χ2n) is 5.68. The number of likely N-dealkylation sites (tertiary alicyclic amines) is 1. The van der Waals surface area contributed by atoms with Gasteiger partial charge in [0.05, 0.1) is 6.20 Å². The number of aromatic nitrogens is 4. The van der Waals surface area contributed by atoms with E-state index in [-0.39, 0.29) is 11.9 Å². The number of nitrogen functional groups attached to an aromatic ring is 1. The van der Waals surface area contributed by atoms with Gasteiger partial charge in [0.2, 0.25) is 5.95 Å². The average molecular weight is 274 g/mol. The van der Waals surface area contributed by atoms with Crippen molar-refractivity contribution in [2.45, 2.75) is 20.3 Å². The summed E-state index contributed by atoms with van der Waals surface area (Å²) in [7, 11) is 0. The number of carbonyl (C=O) groups is 1. The number of hydrogen-bond acceptors (Lipinski definition) is 5. The lowest BCUT2D eigenvalue weighted by Crippen LogP contribution is -2.42. The Bertz CT molecular complexity index is 641. The lowest BCUT2D eigenvalue weighted by Gasteiger charge is -2.34. The third-order valence-corrected chi connectivity index (χ3v) is 3.72.